The van der Waals surface area contributed by atoms with Crippen molar-refractivity contribution in [2.45, 2.75) is 297 Å². The minimum Gasteiger partial charge on any atom is -0.462 e. The molecule has 0 aliphatic rings. The van der Waals surface area contributed by atoms with Gasteiger partial charge in [-0.25, -0.2) is 0 Å². The number of carbonyl (C=O) groups is 3. The Kier molecular flexibility index (Phi) is 63.9. The van der Waals surface area contributed by atoms with Gasteiger partial charge in [0.05, 0.1) is 0 Å². The molecular formula is C75H122O6. The molecule has 0 aromatic rings. The second-order valence-corrected chi connectivity index (χ2v) is 21.6. The van der Waals surface area contributed by atoms with E-state index in [1.54, 1.807) is 0 Å². The Hall–Kier alpha value is -4.71. The zero-order chi connectivity index (χ0) is 58.5. The van der Waals surface area contributed by atoms with Crippen LogP contribution in [0.1, 0.15) is 290 Å². The van der Waals surface area contributed by atoms with E-state index in [0.29, 0.717) is 19.3 Å². The molecule has 0 aliphatic heterocycles. The summed E-state index contributed by atoms with van der Waals surface area (Å²) in [4.78, 5) is 38.2. The monoisotopic (exact) mass is 1120 g/mol. The maximum Gasteiger partial charge on any atom is 0.306 e. The first-order valence-electron chi connectivity index (χ1n) is 33.3. The molecule has 0 aliphatic carbocycles. The highest BCUT2D eigenvalue weighted by atomic mass is 16.6. The third-order valence-electron chi connectivity index (χ3n) is 13.9. The Labute approximate surface area is 499 Å². The highest BCUT2D eigenvalue weighted by Crippen LogP contribution is 2.16. The first kappa shape index (κ1) is 76.3. The molecule has 0 N–H and O–H groups in total. The first-order valence-corrected chi connectivity index (χ1v) is 33.3. The van der Waals surface area contributed by atoms with Crippen molar-refractivity contribution in [3.05, 3.63) is 146 Å². The molecule has 0 rings (SSSR count). The number of carbonyl (C=O) groups excluding carboxylic acids is 3. The number of unbranched alkanes of at least 4 members (excludes halogenated alkanes) is 24. The minimum absolute atomic E-state index is 0.109. The molecule has 81 heavy (non-hydrogen) atoms. The van der Waals surface area contributed by atoms with Gasteiger partial charge >= 0.3 is 17.9 Å². The van der Waals surface area contributed by atoms with Crippen LogP contribution in [0, 0.1) is 0 Å². The maximum atomic E-state index is 12.9. The van der Waals surface area contributed by atoms with Gasteiger partial charge in [-0.05, 0) is 109 Å². The van der Waals surface area contributed by atoms with E-state index in [2.05, 4.69) is 161 Å². The number of hydrogen-bond acceptors (Lipinski definition) is 6. The largest absolute Gasteiger partial charge is 0.462 e. The van der Waals surface area contributed by atoms with E-state index >= 15 is 0 Å². The fraction of sp³-hybridized carbons (Fsp3) is 0.640. The Morgan fingerprint density at radius 2 is 0.506 bits per heavy atom. The summed E-state index contributed by atoms with van der Waals surface area (Å²) in [7, 11) is 0. The Balaban J connectivity index is 4.27. The van der Waals surface area contributed by atoms with Gasteiger partial charge in [0, 0.05) is 19.3 Å². The molecule has 1 unspecified atom stereocenters. The number of ether oxygens (including phenoxy) is 3. The lowest BCUT2D eigenvalue weighted by atomic mass is 10.0. The van der Waals surface area contributed by atoms with Crippen LogP contribution in [0.3, 0.4) is 0 Å². The van der Waals surface area contributed by atoms with Gasteiger partial charge in [-0.2, -0.15) is 0 Å². The lowest BCUT2D eigenvalue weighted by Gasteiger charge is -2.18. The average Bonchev–Trinajstić information content (AvgIpc) is 3.47. The molecule has 6 heteroatoms. The summed E-state index contributed by atoms with van der Waals surface area (Å²) in [6.07, 6.45) is 97.4. The molecule has 0 fully saturated rings. The van der Waals surface area contributed by atoms with Gasteiger partial charge in [-0.1, -0.05) is 308 Å². The smallest absolute Gasteiger partial charge is 0.306 e. The molecule has 0 radical (unpaired) electrons. The highest BCUT2D eigenvalue weighted by Gasteiger charge is 2.19. The fourth-order valence-corrected chi connectivity index (χ4v) is 8.94. The highest BCUT2D eigenvalue weighted by molar-refractivity contribution is 5.71. The molecule has 0 amide bonds. The molecule has 0 saturated heterocycles. The summed E-state index contributed by atoms with van der Waals surface area (Å²) < 4.78 is 16.8. The van der Waals surface area contributed by atoms with E-state index in [-0.39, 0.29) is 31.6 Å². The molecule has 1 atom stereocenters. The quantitative estimate of drug-likeness (QED) is 0.0261. The predicted octanol–water partition coefficient (Wildman–Crippen LogP) is 23.1. The third-order valence-corrected chi connectivity index (χ3v) is 13.9. The SMILES string of the molecule is CC/C=C\C/C=C\C/C=C\C/C=C\C/C=C\C/C=C\CCCCCCCCCCCCCCCCC(=O)OCC(COC(=O)CCCCCCCCCCCCC)OC(=O)CC/C=C\C/C=C\C/C=C\C/C=C\C/C=C\C/C=C\CC. The first-order chi connectivity index (χ1) is 40.0. The molecule has 458 valence electrons. The van der Waals surface area contributed by atoms with E-state index < -0.39 is 12.1 Å². The lowest BCUT2D eigenvalue weighted by molar-refractivity contribution is -0.166. The molecule has 6 nitrogen and oxygen atoms in total. The summed E-state index contributed by atoms with van der Waals surface area (Å²) in [6.45, 7) is 6.35. The van der Waals surface area contributed by atoms with Gasteiger partial charge in [-0.3, -0.25) is 14.4 Å². The number of rotatable bonds is 59. The third kappa shape index (κ3) is 66.0. The molecule has 0 aromatic heterocycles. The Morgan fingerprint density at radius 3 is 0.802 bits per heavy atom. The van der Waals surface area contributed by atoms with Crippen LogP contribution in [0.2, 0.25) is 0 Å². The van der Waals surface area contributed by atoms with E-state index in [0.717, 1.165) is 116 Å². The lowest BCUT2D eigenvalue weighted by Crippen LogP contribution is -2.30. The summed E-state index contributed by atoms with van der Waals surface area (Å²) >= 11 is 0. The van der Waals surface area contributed by atoms with Crippen LogP contribution in [-0.2, 0) is 28.6 Å². The van der Waals surface area contributed by atoms with Crippen LogP contribution in [0.4, 0.5) is 0 Å². The van der Waals surface area contributed by atoms with Crippen molar-refractivity contribution in [1.82, 2.24) is 0 Å². The normalized spacial score (nSPS) is 13.1. The predicted molar refractivity (Wildman–Crippen MR) is 352 cm³/mol. The van der Waals surface area contributed by atoms with Crippen molar-refractivity contribution in [2.75, 3.05) is 13.2 Å². The summed E-state index contributed by atoms with van der Waals surface area (Å²) in [5.41, 5.74) is 0. The van der Waals surface area contributed by atoms with Crippen LogP contribution in [0.15, 0.2) is 146 Å². The summed E-state index contributed by atoms with van der Waals surface area (Å²) in [5.74, 6) is -0.992. The van der Waals surface area contributed by atoms with E-state index in [4.69, 9.17) is 14.2 Å². The van der Waals surface area contributed by atoms with E-state index in [9.17, 15) is 14.4 Å². The average molecular weight is 1120 g/mol. The van der Waals surface area contributed by atoms with Gasteiger partial charge in [0.25, 0.3) is 0 Å². The molecular weight excluding hydrogens is 997 g/mol. The Morgan fingerprint density at radius 1 is 0.259 bits per heavy atom. The standard InChI is InChI=1S/C75H122O6/c1-4-7-10-13-16-19-22-24-26-28-30-31-32-33-34-35-36-37-38-39-40-41-42-43-45-46-48-50-53-56-59-62-65-68-74(77)80-71-72(70-79-73(76)67-64-61-58-55-52-21-18-15-12-9-6-3)81-75(78)69-66-63-60-57-54-51-49-47-44-29-27-25-23-20-17-14-11-8-5-2/h7-8,10-11,16-17,19-20,24-27,30-31,33-34,36-37,44,47,51,54,60,63,72H,4-6,9,12-15,18,21-23,28-29,32,35,38-43,45-46,48-50,52-53,55-59,61-62,64-71H2,1-3H3/b10-7-,11-8-,19-16-,20-17-,26-24-,27-25-,31-30-,34-33-,37-36-,47-44-,54-51-,63-60-. The zero-order valence-electron chi connectivity index (χ0n) is 52.5. The summed E-state index contributed by atoms with van der Waals surface area (Å²) in [5, 5.41) is 0. The van der Waals surface area contributed by atoms with Crippen molar-refractivity contribution < 1.29 is 28.6 Å². The maximum absolute atomic E-state index is 12.9. The van der Waals surface area contributed by atoms with Crippen molar-refractivity contribution in [3.8, 4) is 0 Å². The van der Waals surface area contributed by atoms with Crippen molar-refractivity contribution >= 4 is 17.9 Å². The minimum atomic E-state index is -0.822. The second-order valence-electron chi connectivity index (χ2n) is 21.6. The van der Waals surface area contributed by atoms with Gasteiger partial charge < -0.3 is 14.2 Å². The van der Waals surface area contributed by atoms with Crippen LogP contribution in [0.25, 0.3) is 0 Å². The number of hydrogen-bond donors (Lipinski definition) is 0. The van der Waals surface area contributed by atoms with Gasteiger partial charge in [0.2, 0.25) is 0 Å². The number of esters is 3. The van der Waals surface area contributed by atoms with Crippen LogP contribution in [-0.4, -0.2) is 37.2 Å². The van der Waals surface area contributed by atoms with Gasteiger partial charge in [0.15, 0.2) is 6.10 Å². The zero-order valence-corrected chi connectivity index (χ0v) is 52.5. The summed E-state index contributed by atoms with van der Waals surface area (Å²) in [6, 6.07) is 0. The van der Waals surface area contributed by atoms with Crippen LogP contribution >= 0.6 is 0 Å². The molecule has 0 spiro atoms. The molecule has 0 aromatic carbocycles. The number of allylic oxidation sites excluding steroid dienone is 24. The topological polar surface area (TPSA) is 78.9 Å². The second kappa shape index (κ2) is 67.8. The molecule has 0 saturated carbocycles. The van der Waals surface area contributed by atoms with Crippen LogP contribution < -0.4 is 0 Å². The van der Waals surface area contributed by atoms with Gasteiger partial charge in [0.1, 0.15) is 13.2 Å². The van der Waals surface area contributed by atoms with Crippen molar-refractivity contribution in [3.63, 3.8) is 0 Å². The molecule has 0 heterocycles. The fourth-order valence-electron chi connectivity index (χ4n) is 8.94. The van der Waals surface area contributed by atoms with E-state index in [1.165, 1.54) is 128 Å². The van der Waals surface area contributed by atoms with Crippen molar-refractivity contribution in [1.29, 1.82) is 0 Å². The Bertz CT molecular complexity index is 1760. The van der Waals surface area contributed by atoms with Crippen LogP contribution in [0.5, 0.6) is 0 Å². The van der Waals surface area contributed by atoms with Crippen molar-refractivity contribution in [2.24, 2.45) is 0 Å². The molecule has 0 bridgehead atoms. The van der Waals surface area contributed by atoms with Gasteiger partial charge in [-0.15, -0.1) is 0 Å². The van der Waals surface area contributed by atoms with E-state index in [1.807, 2.05) is 6.08 Å².